The fraction of sp³-hybridized carbons (Fsp3) is 0.367. The lowest BCUT2D eigenvalue weighted by Gasteiger charge is -2.08. The normalized spacial score (nSPS) is 9.13. The minimum absolute atomic E-state index is 0.0333. The van der Waals surface area contributed by atoms with Gasteiger partial charge in [-0.05, 0) is 48.1 Å². The van der Waals surface area contributed by atoms with Crippen molar-refractivity contribution in [1.82, 2.24) is 5.32 Å². The molecule has 0 spiro atoms. The molecular weight excluding hydrogens is 777 g/mol. The Labute approximate surface area is 364 Å². The highest BCUT2D eigenvalue weighted by Crippen LogP contribution is 2.05. The first-order valence-corrected chi connectivity index (χ1v) is 20.6. The summed E-state index contributed by atoms with van der Waals surface area (Å²) in [5, 5.41) is 2.76. The molecule has 4 aromatic rings. The van der Waals surface area contributed by atoms with Crippen molar-refractivity contribution in [1.29, 1.82) is 0 Å². The second-order valence-electron chi connectivity index (χ2n) is 11.1. The van der Waals surface area contributed by atoms with Crippen LogP contribution in [0.5, 0.6) is 0 Å². The Morgan fingerprint density at radius 2 is 0.852 bits per heavy atom. The molecule has 0 aliphatic heterocycles. The van der Waals surface area contributed by atoms with E-state index in [4.69, 9.17) is 5.73 Å². The molecule has 0 saturated heterocycles. The number of benzene rings is 4. The highest BCUT2D eigenvalue weighted by molar-refractivity contribution is 5.96. The number of hydrogen-bond acceptors (Lipinski definition) is 11. The molecule has 0 saturated carbocycles. The van der Waals surface area contributed by atoms with Crippen molar-refractivity contribution in [3.05, 3.63) is 144 Å². The molecule has 0 fully saturated rings. The predicted molar refractivity (Wildman–Crippen MR) is 243 cm³/mol. The molecule has 0 aliphatic carbocycles. The van der Waals surface area contributed by atoms with Crippen molar-refractivity contribution >= 4 is 41.7 Å². The summed E-state index contributed by atoms with van der Waals surface area (Å²) >= 11 is 0. The van der Waals surface area contributed by atoms with E-state index in [0.29, 0.717) is 18.4 Å². The van der Waals surface area contributed by atoms with Crippen molar-refractivity contribution < 1.29 is 47.8 Å². The van der Waals surface area contributed by atoms with Gasteiger partial charge in [-0.1, -0.05) is 165 Å². The molecule has 12 heteroatoms. The quantitative estimate of drug-likeness (QED) is 0.0881. The molecule has 4 aromatic carbocycles. The summed E-state index contributed by atoms with van der Waals surface area (Å²) in [5.74, 6) is -3.52. The van der Waals surface area contributed by atoms with Gasteiger partial charge in [0.1, 0.15) is 6.04 Å². The Hall–Kier alpha value is -6.27. The van der Waals surface area contributed by atoms with E-state index in [2.05, 4.69) is 31.7 Å². The molecule has 1 amide bonds. The molecule has 3 N–H and O–H groups in total. The van der Waals surface area contributed by atoms with E-state index in [1.165, 1.54) is 33.3 Å². The topological polar surface area (TPSA) is 185 Å². The van der Waals surface area contributed by atoms with E-state index in [1.807, 2.05) is 134 Å². The van der Waals surface area contributed by atoms with Crippen molar-refractivity contribution in [3.63, 3.8) is 0 Å². The fourth-order valence-corrected chi connectivity index (χ4v) is 4.06. The van der Waals surface area contributed by atoms with Crippen LogP contribution in [0.1, 0.15) is 117 Å². The number of ether oxygens (including phenoxy) is 3. The molecule has 336 valence electrons. The lowest BCUT2D eigenvalue weighted by molar-refractivity contribution is -0.160. The Kier molecular flexibility index (Phi) is 43.6. The molecular formula is C49H70N2O10. The first kappa shape index (κ1) is 61.4. The molecule has 0 bridgehead atoms. The van der Waals surface area contributed by atoms with Gasteiger partial charge < -0.3 is 25.3 Å². The second-order valence-corrected chi connectivity index (χ2v) is 11.1. The minimum Gasteiger partial charge on any atom is -0.393 e. The highest BCUT2D eigenvalue weighted by atomic mass is 16.6. The maximum atomic E-state index is 11.2. The van der Waals surface area contributed by atoms with Gasteiger partial charge in [0, 0.05) is 34.2 Å². The maximum Gasteiger partial charge on any atom is 0.345 e. The first-order valence-electron chi connectivity index (χ1n) is 20.6. The SMILES string of the molecule is CC.CC.CC.CC.CC(=O)NCCc1ccccc1.CC(=O)OC(=O)C(N)Cc1ccccc1.CC(=O)OC(=O)CCc1ccccc1.CC(=O)OC(=O)c1ccccc1. The van der Waals surface area contributed by atoms with Crippen molar-refractivity contribution in [2.24, 2.45) is 5.73 Å². The van der Waals surface area contributed by atoms with Crippen LogP contribution >= 0.6 is 0 Å². The fourth-order valence-electron chi connectivity index (χ4n) is 4.06. The smallest absolute Gasteiger partial charge is 0.345 e. The summed E-state index contributed by atoms with van der Waals surface area (Å²) in [5.41, 5.74) is 9.21. The van der Waals surface area contributed by atoms with Gasteiger partial charge in [-0.2, -0.15) is 0 Å². The van der Waals surface area contributed by atoms with Crippen molar-refractivity contribution in [3.8, 4) is 0 Å². The van der Waals surface area contributed by atoms with E-state index in [1.54, 1.807) is 30.3 Å². The third-order valence-corrected chi connectivity index (χ3v) is 6.44. The average molecular weight is 847 g/mol. The molecule has 4 rings (SSSR count). The van der Waals surface area contributed by atoms with Crippen LogP contribution in [0, 0.1) is 0 Å². The zero-order valence-corrected chi connectivity index (χ0v) is 38.3. The van der Waals surface area contributed by atoms with E-state index >= 15 is 0 Å². The summed E-state index contributed by atoms with van der Waals surface area (Å²) < 4.78 is 13.1. The highest BCUT2D eigenvalue weighted by Gasteiger charge is 2.17. The maximum absolute atomic E-state index is 11.2. The molecule has 1 atom stereocenters. The van der Waals surface area contributed by atoms with E-state index < -0.39 is 41.9 Å². The monoisotopic (exact) mass is 847 g/mol. The number of aryl methyl sites for hydroxylation is 1. The van der Waals surface area contributed by atoms with Crippen LogP contribution in [0.15, 0.2) is 121 Å². The molecule has 0 aromatic heterocycles. The Morgan fingerprint density at radius 3 is 1.23 bits per heavy atom. The van der Waals surface area contributed by atoms with Crippen LogP contribution in [0.25, 0.3) is 0 Å². The van der Waals surface area contributed by atoms with Gasteiger partial charge in [0.05, 0.1) is 12.0 Å². The van der Waals surface area contributed by atoms with Gasteiger partial charge in [-0.3, -0.25) is 24.0 Å². The summed E-state index contributed by atoms with van der Waals surface area (Å²) in [6, 6.07) is 36.6. The van der Waals surface area contributed by atoms with Gasteiger partial charge >= 0.3 is 35.8 Å². The minimum atomic E-state index is -0.795. The zero-order chi connectivity index (χ0) is 47.4. The van der Waals surface area contributed by atoms with Crippen LogP contribution < -0.4 is 11.1 Å². The molecule has 61 heavy (non-hydrogen) atoms. The lowest BCUT2D eigenvalue weighted by atomic mass is 10.1. The number of esters is 6. The first-order chi connectivity index (χ1) is 29.3. The summed E-state index contributed by atoms with van der Waals surface area (Å²) in [6.45, 7) is 21.8. The average Bonchev–Trinajstić information content (AvgIpc) is 3.27. The van der Waals surface area contributed by atoms with Crippen LogP contribution in [0.2, 0.25) is 0 Å². The largest absolute Gasteiger partial charge is 0.393 e. The number of carbonyl (C=O) groups excluding carboxylic acids is 7. The molecule has 0 radical (unpaired) electrons. The molecule has 12 nitrogen and oxygen atoms in total. The van der Waals surface area contributed by atoms with Crippen molar-refractivity contribution in [2.45, 2.75) is 115 Å². The van der Waals surface area contributed by atoms with Crippen LogP contribution in [0.4, 0.5) is 0 Å². The molecule has 0 aliphatic rings. The number of amides is 1. The van der Waals surface area contributed by atoms with Gasteiger partial charge in [0.2, 0.25) is 5.91 Å². The Bertz CT molecular complexity index is 1720. The number of nitrogens with one attached hydrogen (secondary N) is 1. The zero-order valence-electron chi connectivity index (χ0n) is 38.3. The van der Waals surface area contributed by atoms with E-state index in [9.17, 15) is 33.6 Å². The van der Waals surface area contributed by atoms with E-state index in [-0.39, 0.29) is 12.3 Å². The second kappa shape index (κ2) is 43.3. The predicted octanol–water partition coefficient (Wildman–Crippen LogP) is 9.21. The van der Waals surface area contributed by atoms with Crippen LogP contribution in [-0.4, -0.2) is 54.3 Å². The number of rotatable bonds is 10. The van der Waals surface area contributed by atoms with E-state index in [0.717, 1.165) is 24.1 Å². The third-order valence-electron chi connectivity index (χ3n) is 6.44. The van der Waals surface area contributed by atoms with Gasteiger partial charge in [0.15, 0.2) is 0 Å². The molecule has 1 unspecified atom stereocenters. The lowest BCUT2D eigenvalue weighted by Crippen LogP contribution is -2.35. The Balaban J connectivity index is -0.000000337. The Morgan fingerprint density at radius 1 is 0.492 bits per heavy atom. The van der Waals surface area contributed by atoms with Crippen LogP contribution in [0.3, 0.4) is 0 Å². The number of nitrogens with two attached hydrogens (primary N) is 1. The standard InChI is InChI=1S/C11H13NO3.C11H12O3.C10H13NO.C9H8O3.4C2H6/c1-8(13)15-11(14)10(12)7-9-5-3-2-4-6-9;1-9(12)14-11(13)8-7-10-5-3-2-4-6-10;1-9(12)11-8-7-10-5-3-2-4-6-10;1-7(10)12-9(11)8-5-3-2-4-6-8;4*1-2/h2-6,10H,7,12H2,1H3;2-6H,7-8H2,1H3;2-6H,7-8H2,1H3,(H,11,12);2-6H,1H3;4*1-2H3. The van der Waals surface area contributed by atoms with Gasteiger partial charge in [-0.25, -0.2) is 9.59 Å². The number of carbonyl (C=O) groups is 7. The molecule has 0 heterocycles. The summed E-state index contributed by atoms with van der Waals surface area (Å²) in [7, 11) is 0. The van der Waals surface area contributed by atoms with Crippen LogP contribution in [-0.2, 0) is 62.2 Å². The van der Waals surface area contributed by atoms with Gasteiger partial charge in [0.25, 0.3) is 0 Å². The summed E-state index contributed by atoms with van der Waals surface area (Å²) in [6.07, 6.45) is 2.11. The summed E-state index contributed by atoms with van der Waals surface area (Å²) in [4.78, 5) is 75.0. The van der Waals surface area contributed by atoms with Crippen molar-refractivity contribution in [2.75, 3.05) is 6.54 Å². The number of hydrogen-bond donors (Lipinski definition) is 2. The third kappa shape index (κ3) is 39.0. The van der Waals surface area contributed by atoms with Gasteiger partial charge in [-0.15, -0.1) is 0 Å².